The Morgan fingerprint density at radius 3 is 2.65 bits per heavy atom. The minimum atomic E-state index is 0.0554. The van der Waals surface area contributed by atoms with Gasteiger partial charge in [-0.25, -0.2) is 4.98 Å². The Hall–Kier alpha value is -1.91. The Balaban J connectivity index is 1.61. The first-order chi connectivity index (χ1) is 11.2. The minimum absolute atomic E-state index is 0.0554. The summed E-state index contributed by atoms with van der Waals surface area (Å²) in [5.74, 6) is 0.669. The summed E-state index contributed by atoms with van der Waals surface area (Å²) in [5.41, 5.74) is 4.17. The van der Waals surface area contributed by atoms with Crippen molar-refractivity contribution in [2.24, 2.45) is 0 Å². The van der Waals surface area contributed by atoms with Gasteiger partial charge in [0.1, 0.15) is 6.61 Å². The number of aliphatic hydroxyl groups excluding tert-OH is 1. The lowest BCUT2D eigenvalue weighted by Gasteiger charge is -2.14. The predicted octanol–water partition coefficient (Wildman–Crippen LogP) is 3.02. The van der Waals surface area contributed by atoms with Crippen LogP contribution in [0.3, 0.4) is 0 Å². The first kappa shape index (κ1) is 16.0. The van der Waals surface area contributed by atoms with Gasteiger partial charge in [-0.15, -0.1) is 0 Å². The lowest BCUT2D eigenvalue weighted by Crippen LogP contribution is -2.25. The fourth-order valence-corrected chi connectivity index (χ4v) is 3.04. The molecule has 0 atom stereocenters. The molecule has 0 saturated carbocycles. The summed E-state index contributed by atoms with van der Waals surface area (Å²) in [6, 6.07) is 10.0. The topological polar surface area (TPSA) is 45.6 Å². The largest absolute Gasteiger partial charge is 0.476 e. The van der Waals surface area contributed by atoms with E-state index in [1.165, 1.54) is 25.9 Å². The molecule has 4 nitrogen and oxygen atoms in total. The van der Waals surface area contributed by atoms with E-state index in [0.717, 1.165) is 28.8 Å². The molecule has 0 radical (unpaired) electrons. The van der Waals surface area contributed by atoms with Crippen molar-refractivity contribution in [2.45, 2.75) is 26.4 Å². The number of ether oxygens (including phenoxy) is 1. The minimum Gasteiger partial charge on any atom is -0.476 e. The average molecular weight is 312 g/mol. The van der Waals surface area contributed by atoms with E-state index in [9.17, 15) is 5.11 Å². The van der Waals surface area contributed by atoms with E-state index >= 15 is 0 Å². The number of nitrogens with zero attached hydrogens (tertiary/aromatic N) is 2. The number of hydrogen-bond acceptors (Lipinski definition) is 4. The van der Waals surface area contributed by atoms with Crippen molar-refractivity contribution >= 4 is 0 Å². The van der Waals surface area contributed by atoms with Crippen LogP contribution in [0, 0.1) is 6.92 Å². The number of hydrogen-bond donors (Lipinski definition) is 1. The van der Waals surface area contributed by atoms with Crippen LogP contribution in [0.15, 0.2) is 36.5 Å². The van der Waals surface area contributed by atoms with Crippen LogP contribution in [0.25, 0.3) is 11.1 Å². The molecule has 1 aromatic carbocycles. The molecule has 0 unspecified atom stereocenters. The fourth-order valence-electron chi connectivity index (χ4n) is 3.04. The second-order valence-electron chi connectivity index (χ2n) is 6.15. The Kier molecular flexibility index (Phi) is 5.26. The fraction of sp³-hybridized carbons (Fsp3) is 0.421. The molecule has 0 spiro atoms. The van der Waals surface area contributed by atoms with Gasteiger partial charge in [-0.1, -0.05) is 17.7 Å². The Morgan fingerprint density at radius 1 is 1.13 bits per heavy atom. The van der Waals surface area contributed by atoms with Gasteiger partial charge in [0, 0.05) is 24.4 Å². The zero-order chi connectivity index (χ0) is 16.1. The van der Waals surface area contributed by atoms with Gasteiger partial charge in [-0.3, -0.25) is 4.90 Å². The van der Waals surface area contributed by atoms with Gasteiger partial charge >= 0.3 is 0 Å². The first-order valence-corrected chi connectivity index (χ1v) is 8.27. The Labute approximate surface area is 137 Å². The molecule has 1 aliphatic heterocycles. The van der Waals surface area contributed by atoms with Gasteiger partial charge in [0.25, 0.3) is 0 Å². The first-order valence-electron chi connectivity index (χ1n) is 8.27. The van der Waals surface area contributed by atoms with Crippen molar-refractivity contribution in [3.8, 4) is 17.0 Å². The van der Waals surface area contributed by atoms with E-state index in [1.807, 2.05) is 37.4 Å². The van der Waals surface area contributed by atoms with E-state index in [-0.39, 0.29) is 6.61 Å². The molecule has 4 heteroatoms. The van der Waals surface area contributed by atoms with Crippen LogP contribution in [-0.2, 0) is 6.61 Å². The normalized spacial score (nSPS) is 15.0. The van der Waals surface area contributed by atoms with Crippen molar-refractivity contribution in [3.63, 3.8) is 0 Å². The third-order valence-electron chi connectivity index (χ3n) is 4.25. The highest BCUT2D eigenvalue weighted by Gasteiger charge is 2.11. The molecular formula is C19H24N2O2. The van der Waals surface area contributed by atoms with Crippen LogP contribution in [0.4, 0.5) is 0 Å². The molecule has 1 fully saturated rings. The lowest BCUT2D eigenvalue weighted by atomic mass is 10.0. The maximum absolute atomic E-state index is 9.32. The standard InChI is InChI=1S/C19H24N2O2/c1-15-10-16(14-22)12-18(11-15)17-4-5-19(20-13-17)23-9-8-21-6-2-3-7-21/h4-5,10-13,22H,2-3,6-9,14H2,1H3. The van der Waals surface area contributed by atoms with Crippen LogP contribution in [-0.4, -0.2) is 41.2 Å². The van der Waals surface area contributed by atoms with Crippen molar-refractivity contribution in [1.29, 1.82) is 0 Å². The molecular weight excluding hydrogens is 288 g/mol. The monoisotopic (exact) mass is 312 g/mol. The van der Waals surface area contributed by atoms with E-state index in [0.29, 0.717) is 12.5 Å². The van der Waals surface area contributed by atoms with Gasteiger partial charge in [-0.05, 0) is 56.1 Å². The summed E-state index contributed by atoms with van der Waals surface area (Å²) in [6.45, 7) is 6.13. The molecule has 1 aromatic heterocycles. The Bertz CT molecular complexity index is 634. The maximum Gasteiger partial charge on any atom is 0.213 e. The second kappa shape index (κ2) is 7.57. The third-order valence-corrected chi connectivity index (χ3v) is 4.25. The molecule has 0 bridgehead atoms. The van der Waals surface area contributed by atoms with Gasteiger partial charge in [0.2, 0.25) is 5.88 Å². The molecule has 3 rings (SSSR count). The van der Waals surface area contributed by atoms with Crippen molar-refractivity contribution in [3.05, 3.63) is 47.7 Å². The summed E-state index contributed by atoms with van der Waals surface area (Å²) in [6.07, 6.45) is 4.44. The summed E-state index contributed by atoms with van der Waals surface area (Å²) >= 11 is 0. The van der Waals surface area contributed by atoms with Crippen LogP contribution in [0.5, 0.6) is 5.88 Å². The third kappa shape index (κ3) is 4.30. The number of aryl methyl sites for hydroxylation is 1. The van der Waals surface area contributed by atoms with Crippen LogP contribution in [0.1, 0.15) is 24.0 Å². The van der Waals surface area contributed by atoms with Gasteiger partial charge in [-0.2, -0.15) is 0 Å². The SMILES string of the molecule is Cc1cc(CO)cc(-c2ccc(OCCN3CCCC3)nc2)c1. The summed E-state index contributed by atoms with van der Waals surface area (Å²) < 4.78 is 5.73. The van der Waals surface area contributed by atoms with Crippen LogP contribution in [0.2, 0.25) is 0 Å². The van der Waals surface area contributed by atoms with Crippen LogP contribution >= 0.6 is 0 Å². The Morgan fingerprint density at radius 2 is 1.96 bits per heavy atom. The zero-order valence-electron chi connectivity index (χ0n) is 13.7. The number of aromatic nitrogens is 1. The highest BCUT2D eigenvalue weighted by Crippen LogP contribution is 2.23. The lowest BCUT2D eigenvalue weighted by molar-refractivity contribution is 0.232. The summed E-state index contributed by atoms with van der Waals surface area (Å²) in [7, 11) is 0. The smallest absolute Gasteiger partial charge is 0.213 e. The number of likely N-dealkylation sites (tertiary alicyclic amines) is 1. The highest BCUT2D eigenvalue weighted by atomic mass is 16.5. The maximum atomic E-state index is 9.32. The predicted molar refractivity (Wildman–Crippen MR) is 91.5 cm³/mol. The van der Waals surface area contributed by atoms with Gasteiger partial charge in [0.15, 0.2) is 0 Å². The average Bonchev–Trinajstić information content (AvgIpc) is 3.08. The molecule has 1 N–H and O–H groups in total. The summed E-state index contributed by atoms with van der Waals surface area (Å²) in [4.78, 5) is 6.83. The number of benzene rings is 1. The second-order valence-corrected chi connectivity index (χ2v) is 6.15. The molecule has 1 aliphatic rings. The van der Waals surface area contributed by atoms with Crippen molar-refractivity contribution < 1.29 is 9.84 Å². The van der Waals surface area contributed by atoms with E-state index in [4.69, 9.17) is 4.74 Å². The van der Waals surface area contributed by atoms with Crippen LogP contribution < -0.4 is 4.74 Å². The number of aliphatic hydroxyl groups is 1. The molecule has 23 heavy (non-hydrogen) atoms. The molecule has 1 saturated heterocycles. The quantitative estimate of drug-likeness (QED) is 0.890. The van der Waals surface area contributed by atoms with Gasteiger partial charge in [0.05, 0.1) is 6.61 Å². The van der Waals surface area contributed by atoms with E-state index in [2.05, 4.69) is 16.0 Å². The highest BCUT2D eigenvalue weighted by molar-refractivity contribution is 5.64. The van der Waals surface area contributed by atoms with Gasteiger partial charge < -0.3 is 9.84 Å². The number of rotatable bonds is 6. The number of pyridine rings is 1. The molecule has 122 valence electrons. The molecule has 0 aliphatic carbocycles. The zero-order valence-corrected chi connectivity index (χ0v) is 13.7. The van der Waals surface area contributed by atoms with E-state index in [1.54, 1.807) is 0 Å². The summed E-state index contributed by atoms with van der Waals surface area (Å²) in [5, 5.41) is 9.32. The van der Waals surface area contributed by atoms with Crippen molar-refractivity contribution in [2.75, 3.05) is 26.2 Å². The molecule has 0 amide bonds. The van der Waals surface area contributed by atoms with E-state index < -0.39 is 0 Å². The van der Waals surface area contributed by atoms with Crippen molar-refractivity contribution in [1.82, 2.24) is 9.88 Å². The molecule has 2 heterocycles. The molecule has 2 aromatic rings.